The molecule has 0 fully saturated rings. The van der Waals surface area contributed by atoms with E-state index in [1.54, 1.807) is 32.4 Å². The average molecular weight is 391 g/mol. The summed E-state index contributed by atoms with van der Waals surface area (Å²) in [6, 6.07) is 3.14. The molecule has 3 rings (SSSR count). The zero-order valence-electron chi connectivity index (χ0n) is 15.5. The Bertz CT molecular complexity index is 1010. The van der Waals surface area contributed by atoms with Gasteiger partial charge in [0.1, 0.15) is 5.82 Å². The van der Waals surface area contributed by atoms with Crippen molar-refractivity contribution in [3.05, 3.63) is 47.0 Å². The lowest BCUT2D eigenvalue weighted by Gasteiger charge is -2.26. The van der Waals surface area contributed by atoms with Crippen LogP contribution in [-0.2, 0) is 27.8 Å². The van der Waals surface area contributed by atoms with Crippen LogP contribution in [0.4, 0.5) is 10.1 Å². The number of nitrogens with zero attached hydrogens (tertiary/aromatic N) is 2. The fourth-order valence-electron chi connectivity index (χ4n) is 3.18. The minimum atomic E-state index is -3.33. The van der Waals surface area contributed by atoms with Gasteiger partial charge >= 0.3 is 0 Å². The summed E-state index contributed by atoms with van der Waals surface area (Å²) >= 11 is 0. The maximum atomic E-state index is 14.8. The summed E-state index contributed by atoms with van der Waals surface area (Å²) in [7, 11) is -1.69. The summed E-state index contributed by atoms with van der Waals surface area (Å²) in [5, 5.41) is 0. The molecule has 27 heavy (non-hydrogen) atoms. The summed E-state index contributed by atoms with van der Waals surface area (Å²) in [6.45, 7) is 3.49. The van der Waals surface area contributed by atoms with Crippen LogP contribution in [-0.4, -0.2) is 32.1 Å². The van der Waals surface area contributed by atoms with Crippen LogP contribution >= 0.6 is 0 Å². The Balaban J connectivity index is 2.00. The van der Waals surface area contributed by atoms with Crippen molar-refractivity contribution in [2.75, 3.05) is 17.7 Å². The van der Waals surface area contributed by atoms with E-state index in [4.69, 9.17) is 0 Å². The fourth-order valence-corrected chi connectivity index (χ4v) is 3.76. The molecule has 8 heteroatoms. The number of rotatable bonds is 5. The predicted octanol–water partition coefficient (Wildman–Crippen LogP) is 2.54. The number of benzene rings is 1. The van der Waals surface area contributed by atoms with E-state index in [1.165, 1.54) is 11.0 Å². The minimum Gasteiger partial charge on any atom is -0.315 e. The second-order valence-electron chi connectivity index (χ2n) is 6.61. The Morgan fingerprint density at radius 2 is 1.96 bits per heavy atom. The first-order chi connectivity index (χ1) is 12.7. The van der Waals surface area contributed by atoms with Gasteiger partial charge in [-0.1, -0.05) is 0 Å². The number of amides is 1. The zero-order valence-corrected chi connectivity index (χ0v) is 16.4. The molecule has 144 valence electrons. The van der Waals surface area contributed by atoms with Crippen LogP contribution in [0.25, 0.3) is 11.1 Å². The number of aromatic nitrogens is 1. The Kier molecular flexibility index (Phi) is 5.30. The van der Waals surface area contributed by atoms with Gasteiger partial charge in [0, 0.05) is 49.2 Å². The van der Waals surface area contributed by atoms with E-state index in [-0.39, 0.29) is 18.2 Å². The Morgan fingerprint density at radius 3 is 2.67 bits per heavy atom. The van der Waals surface area contributed by atoms with Crippen LogP contribution in [0.15, 0.2) is 24.5 Å². The van der Waals surface area contributed by atoms with Gasteiger partial charge in [-0.2, -0.15) is 0 Å². The van der Waals surface area contributed by atoms with Crippen molar-refractivity contribution in [1.82, 2.24) is 9.71 Å². The van der Waals surface area contributed by atoms with Crippen molar-refractivity contribution >= 4 is 21.6 Å². The number of nitrogens with one attached hydrogen (secondary N) is 1. The van der Waals surface area contributed by atoms with Gasteiger partial charge in [-0.25, -0.2) is 17.5 Å². The van der Waals surface area contributed by atoms with Gasteiger partial charge in [0.2, 0.25) is 15.9 Å². The maximum Gasteiger partial charge on any atom is 0.227 e. The number of hydrogen-bond acceptors (Lipinski definition) is 4. The van der Waals surface area contributed by atoms with Crippen molar-refractivity contribution in [3.63, 3.8) is 0 Å². The SMILES string of the molecule is CCS(=O)(=O)NCc1cncc(-c2cc3c(cc2F)N(C)C(=O)CC3)c1C. The molecule has 1 N–H and O–H groups in total. The third-order valence-corrected chi connectivity index (χ3v) is 6.33. The standard InChI is InChI=1S/C19H22FN3O3S/c1-4-27(25,26)22-10-14-9-21-11-16(12(14)2)15-7-13-5-6-19(24)23(3)18(13)8-17(15)20/h7-9,11,22H,4-6,10H2,1-3H3. The highest BCUT2D eigenvalue weighted by molar-refractivity contribution is 7.89. The molecule has 6 nitrogen and oxygen atoms in total. The summed E-state index contributed by atoms with van der Waals surface area (Å²) in [5.74, 6) is -0.477. The number of halogens is 1. The van der Waals surface area contributed by atoms with E-state index >= 15 is 0 Å². The Morgan fingerprint density at radius 1 is 1.22 bits per heavy atom. The highest BCUT2D eigenvalue weighted by Gasteiger charge is 2.24. The number of fused-ring (bicyclic) bond motifs is 1. The van der Waals surface area contributed by atoms with Gasteiger partial charge in [-0.3, -0.25) is 9.78 Å². The molecule has 0 aliphatic carbocycles. The summed E-state index contributed by atoms with van der Waals surface area (Å²) in [5.41, 5.74) is 3.97. The third kappa shape index (κ3) is 3.86. The molecule has 0 spiro atoms. The van der Waals surface area contributed by atoms with Crippen LogP contribution in [0.3, 0.4) is 0 Å². The molecular formula is C19H22FN3O3S. The molecule has 2 aromatic rings. The molecule has 1 aliphatic heterocycles. The maximum absolute atomic E-state index is 14.8. The van der Waals surface area contributed by atoms with E-state index in [2.05, 4.69) is 9.71 Å². The number of anilines is 1. The zero-order chi connectivity index (χ0) is 19.8. The number of carbonyl (C=O) groups excluding carboxylic acids is 1. The smallest absolute Gasteiger partial charge is 0.227 e. The lowest BCUT2D eigenvalue weighted by atomic mass is 9.93. The second-order valence-corrected chi connectivity index (χ2v) is 8.70. The molecule has 1 aromatic carbocycles. The molecule has 1 aliphatic rings. The first-order valence-electron chi connectivity index (χ1n) is 8.73. The molecule has 2 heterocycles. The van der Waals surface area contributed by atoms with Crippen molar-refractivity contribution in [3.8, 4) is 11.1 Å². The van der Waals surface area contributed by atoms with Gasteiger partial charge < -0.3 is 4.90 Å². The quantitative estimate of drug-likeness (QED) is 0.850. The van der Waals surface area contributed by atoms with Crippen LogP contribution in [0.5, 0.6) is 0 Å². The molecule has 1 amide bonds. The van der Waals surface area contributed by atoms with Crippen LogP contribution in [0.1, 0.15) is 30.0 Å². The van der Waals surface area contributed by atoms with E-state index in [1.807, 2.05) is 6.92 Å². The van der Waals surface area contributed by atoms with Crippen LogP contribution in [0.2, 0.25) is 0 Å². The molecule has 1 aromatic heterocycles. The van der Waals surface area contributed by atoms with Gasteiger partial charge in [-0.15, -0.1) is 0 Å². The topological polar surface area (TPSA) is 79.4 Å². The minimum absolute atomic E-state index is 0.00907. The molecule has 0 unspecified atom stereocenters. The first-order valence-corrected chi connectivity index (χ1v) is 10.4. The van der Waals surface area contributed by atoms with E-state index in [0.717, 1.165) is 11.1 Å². The van der Waals surface area contributed by atoms with Crippen molar-refractivity contribution in [2.45, 2.75) is 33.2 Å². The van der Waals surface area contributed by atoms with Gasteiger partial charge in [0.05, 0.1) is 5.75 Å². The molecule has 0 saturated heterocycles. The molecule has 0 atom stereocenters. The monoisotopic (exact) mass is 391 g/mol. The van der Waals surface area contributed by atoms with Crippen LogP contribution in [0, 0.1) is 12.7 Å². The molecule has 0 saturated carbocycles. The fraction of sp³-hybridized carbons (Fsp3) is 0.368. The number of aryl methyl sites for hydroxylation is 1. The molecular weight excluding hydrogens is 369 g/mol. The summed E-state index contributed by atoms with van der Waals surface area (Å²) in [6.07, 6.45) is 4.12. The van der Waals surface area contributed by atoms with Crippen molar-refractivity contribution < 1.29 is 17.6 Å². The Labute approximate surface area is 158 Å². The molecule has 0 radical (unpaired) electrons. The number of sulfonamides is 1. The lowest BCUT2D eigenvalue weighted by molar-refractivity contribution is -0.118. The summed E-state index contributed by atoms with van der Waals surface area (Å²) < 4.78 is 40.7. The highest BCUT2D eigenvalue weighted by Crippen LogP contribution is 2.35. The number of pyridine rings is 1. The number of hydrogen-bond donors (Lipinski definition) is 1. The van der Waals surface area contributed by atoms with E-state index in [9.17, 15) is 17.6 Å². The lowest BCUT2D eigenvalue weighted by Crippen LogP contribution is -2.31. The van der Waals surface area contributed by atoms with Crippen LogP contribution < -0.4 is 9.62 Å². The van der Waals surface area contributed by atoms with Gasteiger partial charge in [-0.05, 0) is 49.1 Å². The summed E-state index contributed by atoms with van der Waals surface area (Å²) in [4.78, 5) is 17.5. The Hall–Kier alpha value is -2.32. The van der Waals surface area contributed by atoms with Crippen molar-refractivity contribution in [1.29, 1.82) is 0 Å². The first kappa shape index (κ1) is 19.4. The predicted molar refractivity (Wildman–Crippen MR) is 102 cm³/mol. The van der Waals surface area contributed by atoms with E-state index < -0.39 is 15.8 Å². The highest BCUT2D eigenvalue weighted by atomic mass is 32.2. The van der Waals surface area contributed by atoms with Gasteiger partial charge in [0.25, 0.3) is 0 Å². The average Bonchev–Trinajstić information content (AvgIpc) is 2.64. The third-order valence-electron chi connectivity index (χ3n) is 4.98. The van der Waals surface area contributed by atoms with Gasteiger partial charge in [0.15, 0.2) is 0 Å². The normalized spacial score (nSPS) is 14.4. The molecule has 0 bridgehead atoms. The van der Waals surface area contributed by atoms with E-state index in [0.29, 0.717) is 35.2 Å². The van der Waals surface area contributed by atoms with Crippen molar-refractivity contribution in [2.24, 2.45) is 0 Å². The largest absolute Gasteiger partial charge is 0.315 e. The number of carbonyl (C=O) groups is 1. The second kappa shape index (κ2) is 7.36.